The molecule has 1 fully saturated rings. The molecule has 1 aliphatic heterocycles. The van der Waals surface area contributed by atoms with Gasteiger partial charge in [0.1, 0.15) is 16.0 Å². The van der Waals surface area contributed by atoms with Crippen molar-refractivity contribution in [3.63, 3.8) is 0 Å². The molecule has 1 aromatic rings. The van der Waals surface area contributed by atoms with Gasteiger partial charge in [0.25, 0.3) is 5.91 Å². The van der Waals surface area contributed by atoms with E-state index in [1.165, 1.54) is 19.1 Å². The molecule has 0 bridgehead atoms. The third-order valence-electron chi connectivity index (χ3n) is 3.02. The molecule has 0 saturated carbocycles. The Morgan fingerprint density at radius 1 is 1.30 bits per heavy atom. The molecule has 0 atom stereocenters. The summed E-state index contributed by atoms with van der Waals surface area (Å²) >= 11 is 3.35. The Morgan fingerprint density at radius 2 is 1.90 bits per heavy atom. The molecule has 108 valence electrons. The second-order valence-electron chi connectivity index (χ2n) is 4.27. The summed E-state index contributed by atoms with van der Waals surface area (Å²) in [6.07, 6.45) is 0. The highest BCUT2D eigenvalue weighted by molar-refractivity contribution is 9.10. The highest BCUT2D eigenvalue weighted by Gasteiger charge is 2.24. The van der Waals surface area contributed by atoms with Crippen molar-refractivity contribution < 1.29 is 19.1 Å². The van der Waals surface area contributed by atoms with Crippen LogP contribution in [0, 0.1) is 0 Å². The van der Waals surface area contributed by atoms with Crippen LogP contribution >= 0.6 is 15.9 Å². The number of nitrogens with one attached hydrogen (secondary N) is 1. The number of rotatable bonds is 3. The van der Waals surface area contributed by atoms with E-state index in [1.54, 1.807) is 12.1 Å². The van der Waals surface area contributed by atoms with Gasteiger partial charge < -0.3 is 19.7 Å². The second kappa shape index (κ2) is 6.13. The van der Waals surface area contributed by atoms with Gasteiger partial charge >= 0.3 is 0 Å². The van der Waals surface area contributed by atoms with Crippen molar-refractivity contribution >= 4 is 27.7 Å². The number of benzene rings is 1. The number of carbonyl (C=O) groups is 2. The SMILES string of the molecule is COc1cc(C(=O)N2CCNC(=O)C2)cc(OC)c1Br. The summed E-state index contributed by atoms with van der Waals surface area (Å²) in [4.78, 5) is 25.3. The van der Waals surface area contributed by atoms with Crippen LogP contribution in [0.25, 0.3) is 0 Å². The minimum Gasteiger partial charge on any atom is -0.495 e. The number of hydrogen-bond donors (Lipinski definition) is 1. The summed E-state index contributed by atoms with van der Waals surface area (Å²) < 4.78 is 11.1. The predicted molar refractivity (Wildman–Crippen MR) is 76.2 cm³/mol. The van der Waals surface area contributed by atoms with Crippen LogP contribution in [0.2, 0.25) is 0 Å². The van der Waals surface area contributed by atoms with Crippen LogP contribution in [0.15, 0.2) is 16.6 Å². The quantitative estimate of drug-likeness (QED) is 0.891. The van der Waals surface area contributed by atoms with E-state index in [0.717, 1.165) is 0 Å². The van der Waals surface area contributed by atoms with Gasteiger partial charge in [-0.25, -0.2) is 0 Å². The van der Waals surface area contributed by atoms with Crippen molar-refractivity contribution in [1.29, 1.82) is 0 Å². The molecule has 1 N–H and O–H groups in total. The number of nitrogens with zero attached hydrogens (tertiary/aromatic N) is 1. The minimum absolute atomic E-state index is 0.0690. The average molecular weight is 343 g/mol. The number of piperazine rings is 1. The normalized spacial score (nSPS) is 14.8. The van der Waals surface area contributed by atoms with Crippen molar-refractivity contribution in [2.45, 2.75) is 0 Å². The number of carbonyl (C=O) groups excluding carboxylic acids is 2. The minimum atomic E-state index is -0.219. The molecule has 2 amide bonds. The number of amides is 2. The molecule has 1 aliphatic rings. The first kappa shape index (κ1) is 14.6. The Hall–Kier alpha value is -1.76. The largest absolute Gasteiger partial charge is 0.495 e. The number of methoxy groups -OCH3 is 2. The van der Waals surface area contributed by atoms with Crippen LogP contribution in [0.3, 0.4) is 0 Å². The molecule has 1 heterocycles. The topological polar surface area (TPSA) is 67.9 Å². The molecule has 0 unspecified atom stereocenters. The first-order chi connectivity index (χ1) is 9.56. The van der Waals surface area contributed by atoms with Crippen molar-refractivity contribution in [3.8, 4) is 11.5 Å². The van der Waals surface area contributed by atoms with Crippen LogP contribution in [0.1, 0.15) is 10.4 Å². The molecule has 1 aromatic carbocycles. The van der Waals surface area contributed by atoms with Gasteiger partial charge in [-0.15, -0.1) is 0 Å². The lowest BCUT2D eigenvalue weighted by Crippen LogP contribution is -2.49. The van der Waals surface area contributed by atoms with Gasteiger partial charge in [-0.05, 0) is 28.1 Å². The number of ether oxygens (including phenoxy) is 2. The number of hydrogen-bond acceptors (Lipinski definition) is 4. The van der Waals surface area contributed by atoms with Gasteiger partial charge in [0.2, 0.25) is 5.91 Å². The highest BCUT2D eigenvalue weighted by atomic mass is 79.9. The molecule has 2 rings (SSSR count). The zero-order valence-electron chi connectivity index (χ0n) is 11.2. The van der Waals surface area contributed by atoms with Crippen LogP contribution < -0.4 is 14.8 Å². The monoisotopic (exact) mass is 342 g/mol. The van der Waals surface area contributed by atoms with Gasteiger partial charge in [0.15, 0.2) is 0 Å². The van der Waals surface area contributed by atoms with Gasteiger partial charge in [-0.3, -0.25) is 9.59 Å². The molecule has 6 nitrogen and oxygen atoms in total. The highest BCUT2D eigenvalue weighted by Crippen LogP contribution is 2.35. The number of halogens is 1. The Kier molecular flexibility index (Phi) is 4.49. The maximum Gasteiger partial charge on any atom is 0.254 e. The van der Waals surface area contributed by atoms with Crippen molar-refractivity contribution in [2.24, 2.45) is 0 Å². The zero-order chi connectivity index (χ0) is 14.7. The van der Waals surface area contributed by atoms with E-state index in [0.29, 0.717) is 34.6 Å². The van der Waals surface area contributed by atoms with E-state index in [1.807, 2.05) is 0 Å². The molecule has 0 aromatic heterocycles. The maximum atomic E-state index is 12.4. The van der Waals surface area contributed by atoms with E-state index in [9.17, 15) is 9.59 Å². The summed E-state index contributed by atoms with van der Waals surface area (Å²) in [7, 11) is 3.03. The molecule has 7 heteroatoms. The lowest BCUT2D eigenvalue weighted by molar-refractivity contribution is -0.123. The van der Waals surface area contributed by atoms with Gasteiger partial charge in [0.05, 0.1) is 20.8 Å². The third kappa shape index (κ3) is 2.87. The fourth-order valence-corrected chi connectivity index (χ4v) is 2.54. The summed E-state index contributed by atoms with van der Waals surface area (Å²) in [5.74, 6) is 0.646. The fraction of sp³-hybridized carbons (Fsp3) is 0.385. The Labute approximate surface area is 125 Å². The molecule has 0 radical (unpaired) electrons. The van der Waals surface area contributed by atoms with E-state index in [-0.39, 0.29) is 18.4 Å². The summed E-state index contributed by atoms with van der Waals surface area (Å²) in [6.45, 7) is 1.03. The average Bonchev–Trinajstić information content (AvgIpc) is 2.46. The smallest absolute Gasteiger partial charge is 0.254 e. The lowest BCUT2D eigenvalue weighted by Gasteiger charge is -2.27. The van der Waals surface area contributed by atoms with Crippen molar-refractivity contribution in [2.75, 3.05) is 33.9 Å². The molecule has 1 saturated heterocycles. The van der Waals surface area contributed by atoms with Crippen LogP contribution in [0.5, 0.6) is 11.5 Å². The van der Waals surface area contributed by atoms with E-state index < -0.39 is 0 Å². The van der Waals surface area contributed by atoms with Crippen LogP contribution in [0.4, 0.5) is 0 Å². The van der Waals surface area contributed by atoms with Gasteiger partial charge in [-0.1, -0.05) is 0 Å². The standard InChI is InChI=1S/C13H15BrN2O4/c1-19-9-5-8(6-10(20-2)12(9)14)13(18)16-4-3-15-11(17)7-16/h5-6H,3-4,7H2,1-2H3,(H,15,17). The molecule has 0 aliphatic carbocycles. The first-order valence-corrected chi connectivity index (χ1v) is 6.83. The summed E-state index contributed by atoms with van der Waals surface area (Å²) in [5.41, 5.74) is 0.427. The maximum absolute atomic E-state index is 12.4. The van der Waals surface area contributed by atoms with Crippen molar-refractivity contribution in [3.05, 3.63) is 22.2 Å². The van der Waals surface area contributed by atoms with Gasteiger partial charge in [0, 0.05) is 18.7 Å². The second-order valence-corrected chi connectivity index (χ2v) is 5.06. The fourth-order valence-electron chi connectivity index (χ4n) is 1.99. The molecule has 20 heavy (non-hydrogen) atoms. The van der Waals surface area contributed by atoms with Gasteiger partial charge in [-0.2, -0.15) is 0 Å². The first-order valence-electron chi connectivity index (χ1n) is 6.04. The Bertz CT molecular complexity index is 522. The molecule has 0 spiro atoms. The summed E-state index contributed by atoms with van der Waals surface area (Å²) in [5, 5.41) is 2.68. The van der Waals surface area contributed by atoms with E-state index >= 15 is 0 Å². The van der Waals surface area contributed by atoms with E-state index in [2.05, 4.69) is 21.2 Å². The Balaban J connectivity index is 2.31. The van der Waals surface area contributed by atoms with Crippen LogP contribution in [-0.2, 0) is 4.79 Å². The van der Waals surface area contributed by atoms with E-state index in [4.69, 9.17) is 9.47 Å². The zero-order valence-corrected chi connectivity index (χ0v) is 12.8. The van der Waals surface area contributed by atoms with Crippen molar-refractivity contribution in [1.82, 2.24) is 10.2 Å². The lowest BCUT2D eigenvalue weighted by atomic mass is 10.1. The predicted octanol–water partition coefficient (Wildman–Crippen LogP) is 1.04. The Morgan fingerprint density at radius 3 is 2.40 bits per heavy atom. The summed E-state index contributed by atoms with van der Waals surface area (Å²) in [6, 6.07) is 3.25. The molecular formula is C13H15BrN2O4. The third-order valence-corrected chi connectivity index (χ3v) is 3.80. The molecular weight excluding hydrogens is 328 g/mol. The van der Waals surface area contributed by atoms with Crippen LogP contribution in [-0.4, -0.2) is 50.6 Å².